The number of carboxylic acid groups (broad SMARTS) is 1. The van der Waals surface area contributed by atoms with Crippen LogP contribution in [0, 0.1) is 19.8 Å². The van der Waals surface area contributed by atoms with Gasteiger partial charge in [-0.15, -0.1) is 0 Å². The number of carboxylic acids is 1. The molecule has 2 atom stereocenters. The fourth-order valence-electron chi connectivity index (χ4n) is 3.81. The van der Waals surface area contributed by atoms with Gasteiger partial charge in [-0.2, -0.15) is 0 Å². The molecule has 3 rings (SSSR count). The van der Waals surface area contributed by atoms with Gasteiger partial charge in [0, 0.05) is 16.6 Å². The molecule has 0 saturated heterocycles. The number of carbonyl (C=O) groups excluding carboxylic acids is 1. The molecule has 0 aliphatic heterocycles. The molecule has 0 amide bonds. The van der Waals surface area contributed by atoms with E-state index < -0.39 is 11.9 Å². The Morgan fingerprint density at radius 3 is 2.31 bits per heavy atom. The molecule has 5 nitrogen and oxygen atoms in total. The fourth-order valence-corrected chi connectivity index (χ4v) is 3.97. The molecule has 2 N–H and O–H groups in total. The predicted molar refractivity (Wildman–Crippen MR) is 114 cm³/mol. The Morgan fingerprint density at radius 1 is 1.14 bits per heavy atom. The first-order chi connectivity index (χ1) is 13.7. The number of benzene rings is 2. The molecule has 0 radical (unpaired) electrons. The first-order valence-electron chi connectivity index (χ1n) is 9.54. The van der Waals surface area contributed by atoms with Crippen LogP contribution in [0.1, 0.15) is 53.4 Å². The van der Waals surface area contributed by atoms with E-state index in [4.69, 9.17) is 11.6 Å². The Balaban J connectivity index is 2.35. The molecule has 2 unspecified atom stereocenters. The number of aryl methyl sites for hydroxylation is 1. The summed E-state index contributed by atoms with van der Waals surface area (Å²) in [5.74, 6) is -2.34. The van der Waals surface area contributed by atoms with E-state index in [0.717, 1.165) is 5.56 Å². The highest BCUT2D eigenvalue weighted by Crippen LogP contribution is 2.40. The minimum Gasteiger partial charge on any atom is -0.506 e. The van der Waals surface area contributed by atoms with Gasteiger partial charge in [-0.3, -0.25) is 14.2 Å². The summed E-state index contributed by atoms with van der Waals surface area (Å²) in [4.78, 5) is 25.5. The molecule has 152 valence electrons. The molecule has 0 aliphatic carbocycles. The van der Waals surface area contributed by atoms with Crippen molar-refractivity contribution in [2.45, 2.75) is 40.0 Å². The van der Waals surface area contributed by atoms with Crippen molar-refractivity contribution in [1.29, 1.82) is 0 Å². The Morgan fingerprint density at radius 2 is 1.76 bits per heavy atom. The second-order valence-corrected chi connectivity index (χ2v) is 7.94. The molecule has 1 aromatic heterocycles. The molecule has 0 spiro atoms. The quantitative estimate of drug-likeness (QED) is 0.577. The number of hydrogen-bond donors (Lipinski definition) is 2. The van der Waals surface area contributed by atoms with Gasteiger partial charge in [-0.1, -0.05) is 49.6 Å². The van der Waals surface area contributed by atoms with Crippen molar-refractivity contribution < 1.29 is 19.8 Å². The molecule has 2 aromatic carbocycles. The highest BCUT2D eigenvalue weighted by Gasteiger charge is 2.33. The second kappa shape index (κ2) is 7.91. The molecule has 0 bridgehead atoms. The maximum atomic E-state index is 13.3. The fraction of sp³-hybridized carbons (Fsp3) is 0.304. The van der Waals surface area contributed by atoms with Gasteiger partial charge in [0.25, 0.3) is 5.91 Å². The molecule has 3 aromatic rings. The van der Waals surface area contributed by atoms with E-state index in [1.807, 2.05) is 32.9 Å². The number of phenolic OH excluding ortho intramolecular Hbond substituents is 1. The molecule has 0 aliphatic rings. The van der Waals surface area contributed by atoms with Gasteiger partial charge in [0.1, 0.15) is 5.75 Å². The van der Waals surface area contributed by atoms with E-state index in [0.29, 0.717) is 34.1 Å². The van der Waals surface area contributed by atoms with Crippen LogP contribution in [0.25, 0.3) is 10.9 Å². The smallest absolute Gasteiger partial charge is 0.311 e. The molecule has 29 heavy (non-hydrogen) atoms. The number of aliphatic carboxylic acids is 1. The van der Waals surface area contributed by atoms with E-state index >= 15 is 0 Å². The monoisotopic (exact) mass is 413 g/mol. The largest absolute Gasteiger partial charge is 0.506 e. The standard InChI is InChI=1S/C23H24ClNO4/c1-5-13(3)20(23(28)29)21-14(4)25(18-11-17(24)19(26)10-16(18)21)22(27)15-8-6-12(2)7-9-15/h6-11,13,20,26H,5H2,1-4H3,(H,28,29). The normalized spacial score (nSPS) is 13.4. The number of nitrogens with zero attached hydrogens (tertiary/aromatic N) is 1. The first-order valence-corrected chi connectivity index (χ1v) is 9.92. The Labute approximate surface area is 174 Å². The lowest BCUT2D eigenvalue weighted by Crippen LogP contribution is -2.21. The lowest BCUT2D eigenvalue weighted by Gasteiger charge is -2.20. The summed E-state index contributed by atoms with van der Waals surface area (Å²) < 4.78 is 1.50. The average Bonchev–Trinajstić information content (AvgIpc) is 2.93. The Kier molecular flexibility index (Phi) is 5.71. The number of aromatic hydroxyl groups is 1. The number of halogens is 1. The molecular formula is C23H24ClNO4. The second-order valence-electron chi connectivity index (χ2n) is 7.53. The lowest BCUT2D eigenvalue weighted by molar-refractivity contribution is -0.140. The van der Waals surface area contributed by atoms with Crippen LogP contribution in [0.15, 0.2) is 36.4 Å². The first kappa shape index (κ1) is 20.9. The third kappa shape index (κ3) is 3.62. The van der Waals surface area contributed by atoms with Gasteiger partial charge < -0.3 is 10.2 Å². The Hall–Kier alpha value is -2.79. The van der Waals surface area contributed by atoms with Crippen LogP contribution >= 0.6 is 11.6 Å². The summed E-state index contributed by atoms with van der Waals surface area (Å²) in [6, 6.07) is 10.2. The van der Waals surface area contributed by atoms with Crippen molar-refractivity contribution in [2.75, 3.05) is 0 Å². The van der Waals surface area contributed by atoms with Crippen LogP contribution in [0.3, 0.4) is 0 Å². The topological polar surface area (TPSA) is 79.5 Å². The van der Waals surface area contributed by atoms with Gasteiger partial charge in [-0.25, -0.2) is 0 Å². The molecular weight excluding hydrogens is 390 g/mol. The number of fused-ring (bicyclic) bond motifs is 1. The molecule has 6 heteroatoms. The highest BCUT2D eigenvalue weighted by molar-refractivity contribution is 6.33. The maximum Gasteiger partial charge on any atom is 0.311 e. The molecule has 0 saturated carbocycles. The van der Waals surface area contributed by atoms with Crippen molar-refractivity contribution in [2.24, 2.45) is 5.92 Å². The summed E-state index contributed by atoms with van der Waals surface area (Å²) in [6.45, 7) is 7.49. The van der Waals surface area contributed by atoms with Crippen molar-refractivity contribution in [3.05, 3.63) is 63.8 Å². The van der Waals surface area contributed by atoms with Gasteiger partial charge in [0.15, 0.2) is 0 Å². The van der Waals surface area contributed by atoms with Crippen LogP contribution in [-0.4, -0.2) is 26.7 Å². The van der Waals surface area contributed by atoms with E-state index in [9.17, 15) is 19.8 Å². The van der Waals surface area contributed by atoms with Crippen LogP contribution in [0.5, 0.6) is 5.75 Å². The number of aromatic nitrogens is 1. The molecule has 0 fully saturated rings. The van der Waals surface area contributed by atoms with Crippen molar-refractivity contribution in [1.82, 2.24) is 4.57 Å². The predicted octanol–water partition coefficient (Wildman–Crippen LogP) is 5.52. The summed E-state index contributed by atoms with van der Waals surface area (Å²) in [5, 5.41) is 20.8. The SMILES string of the molecule is CCC(C)C(C(=O)O)c1c(C)n(C(=O)c2ccc(C)cc2)c2cc(Cl)c(O)cc12. The third-order valence-corrected chi connectivity index (χ3v) is 5.92. The summed E-state index contributed by atoms with van der Waals surface area (Å²) in [7, 11) is 0. The minimum atomic E-state index is -0.960. The maximum absolute atomic E-state index is 13.3. The van der Waals surface area contributed by atoms with Crippen molar-refractivity contribution in [3.8, 4) is 5.75 Å². The molecule has 1 heterocycles. The van der Waals surface area contributed by atoms with Crippen LogP contribution < -0.4 is 0 Å². The number of hydrogen-bond acceptors (Lipinski definition) is 3. The van der Waals surface area contributed by atoms with Crippen LogP contribution in [-0.2, 0) is 4.79 Å². The third-order valence-electron chi connectivity index (χ3n) is 5.61. The number of carbonyl (C=O) groups is 2. The van der Waals surface area contributed by atoms with Crippen LogP contribution in [0.4, 0.5) is 0 Å². The number of rotatable bonds is 5. The van der Waals surface area contributed by atoms with Gasteiger partial charge in [0.2, 0.25) is 0 Å². The summed E-state index contributed by atoms with van der Waals surface area (Å²) in [6.07, 6.45) is 0.661. The Bertz CT molecular complexity index is 1100. The van der Waals surface area contributed by atoms with Crippen molar-refractivity contribution >= 4 is 34.4 Å². The zero-order valence-electron chi connectivity index (χ0n) is 16.9. The van der Waals surface area contributed by atoms with E-state index in [-0.39, 0.29) is 22.6 Å². The zero-order chi connectivity index (χ0) is 21.5. The summed E-state index contributed by atoms with van der Waals surface area (Å²) >= 11 is 6.13. The summed E-state index contributed by atoms with van der Waals surface area (Å²) in [5.41, 5.74) is 3.09. The van der Waals surface area contributed by atoms with Gasteiger partial charge in [0.05, 0.1) is 16.5 Å². The van der Waals surface area contributed by atoms with E-state index in [2.05, 4.69) is 0 Å². The lowest BCUT2D eigenvalue weighted by atomic mass is 9.84. The van der Waals surface area contributed by atoms with Crippen LogP contribution in [0.2, 0.25) is 5.02 Å². The average molecular weight is 414 g/mol. The van der Waals surface area contributed by atoms with Gasteiger partial charge in [-0.05, 0) is 49.6 Å². The highest BCUT2D eigenvalue weighted by atomic mass is 35.5. The van der Waals surface area contributed by atoms with Crippen molar-refractivity contribution in [3.63, 3.8) is 0 Å². The van der Waals surface area contributed by atoms with Gasteiger partial charge >= 0.3 is 5.97 Å². The van der Waals surface area contributed by atoms with E-state index in [1.165, 1.54) is 16.7 Å². The zero-order valence-corrected chi connectivity index (χ0v) is 17.6. The number of phenols is 1. The van der Waals surface area contributed by atoms with E-state index in [1.54, 1.807) is 19.1 Å². The minimum absolute atomic E-state index is 0.106.